The van der Waals surface area contributed by atoms with Crippen LogP contribution in [0.1, 0.15) is 36.5 Å². The third-order valence-electron chi connectivity index (χ3n) is 4.21. The van der Waals surface area contributed by atoms with Crippen LogP contribution in [0.4, 0.5) is 13.2 Å². The molecule has 0 saturated carbocycles. The zero-order valence-corrected chi connectivity index (χ0v) is 14.9. The van der Waals surface area contributed by atoms with E-state index >= 15 is 0 Å². The van der Waals surface area contributed by atoms with Gasteiger partial charge in [-0.15, -0.1) is 0 Å². The number of sulfonamides is 1. The van der Waals surface area contributed by atoms with Crippen LogP contribution < -0.4 is 0 Å². The molecular weight excluding hydrogens is 357 g/mol. The van der Waals surface area contributed by atoms with E-state index in [0.717, 1.165) is 26.3 Å². The summed E-state index contributed by atoms with van der Waals surface area (Å²) in [5.41, 5.74) is 0.0115. The molecule has 0 spiro atoms. The van der Waals surface area contributed by atoms with E-state index in [1.54, 1.807) is 0 Å². The van der Waals surface area contributed by atoms with Crippen LogP contribution >= 0.6 is 0 Å². The second kappa shape index (κ2) is 7.33. The lowest BCUT2D eigenvalue weighted by Crippen LogP contribution is -2.41. The van der Waals surface area contributed by atoms with Crippen molar-refractivity contribution in [3.63, 3.8) is 0 Å². The molecule has 1 aromatic rings. The van der Waals surface area contributed by atoms with Crippen LogP contribution in [0.5, 0.6) is 0 Å². The Morgan fingerprint density at radius 3 is 2.36 bits per heavy atom. The number of carbonyl (C=O) groups is 1. The van der Waals surface area contributed by atoms with Gasteiger partial charge in [-0.2, -0.15) is 17.5 Å². The van der Waals surface area contributed by atoms with Gasteiger partial charge in [0.05, 0.1) is 4.90 Å². The molecule has 1 amide bonds. The first-order chi connectivity index (χ1) is 11.5. The quantitative estimate of drug-likeness (QED) is 0.810. The Morgan fingerprint density at radius 2 is 1.84 bits per heavy atom. The average Bonchev–Trinajstić information content (AvgIpc) is 2.53. The van der Waals surface area contributed by atoms with Crippen LogP contribution in [-0.4, -0.2) is 55.9 Å². The van der Waals surface area contributed by atoms with E-state index in [0.29, 0.717) is 11.4 Å². The van der Waals surface area contributed by atoms with Crippen molar-refractivity contribution < 1.29 is 26.4 Å². The largest absolute Gasteiger partial charge is 0.406 e. The van der Waals surface area contributed by atoms with Crippen molar-refractivity contribution >= 4 is 15.9 Å². The molecule has 25 heavy (non-hydrogen) atoms. The Morgan fingerprint density at radius 1 is 1.24 bits per heavy atom. The second-order valence-corrected chi connectivity index (χ2v) is 8.15. The van der Waals surface area contributed by atoms with Crippen LogP contribution in [0, 0.1) is 0 Å². The fourth-order valence-electron chi connectivity index (χ4n) is 2.89. The van der Waals surface area contributed by atoms with Crippen LogP contribution in [-0.2, 0) is 10.0 Å². The maximum absolute atomic E-state index is 12.7. The van der Waals surface area contributed by atoms with Gasteiger partial charge in [0.2, 0.25) is 10.0 Å². The smallest absolute Gasteiger partial charge is 0.333 e. The Bertz CT molecular complexity index is 717. The summed E-state index contributed by atoms with van der Waals surface area (Å²) >= 11 is 0. The first kappa shape index (κ1) is 19.7. The van der Waals surface area contributed by atoms with Crippen molar-refractivity contribution in [1.29, 1.82) is 0 Å². The van der Waals surface area contributed by atoms with E-state index in [9.17, 15) is 26.4 Å². The number of piperidine rings is 1. The number of hydrogen-bond acceptors (Lipinski definition) is 3. The van der Waals surface area contributed by atoms with E-state index in [-0.39, 0.29) is 16.5 Å². The molecule has 1 aliphatic rings. The summed E-state index contributed by atoms with van der Waals surface area (Å²) in [7, 11) is -2.62. The minimum Gasteiger partial charge on any atom is -0.333 e. The molecule has 0 N–H and O–H groups in total. The van der Waals surface area contributed by atoms with Gasteiger partial charge in [0, 0.05) is 25.2 Å². The maximum Gasteiger partial charge on any atom is 0.406 e. The van der Waals surface area contributed by atoms with Crippen molar-refractivity contribution in [3.8, 4) is 0 Å². The van der Waals surface area contributed by atoms with Gasteiger partial charge in [0.15, 0.2) is 0 Å². The summed E-state index contributed by atoms with van der Waals surface area (Å²) in [5, 5.41) is 0. The lowest BCUT2D eigenvalue weighted by Gasteiger charge is -2.32. The molecule has 1 fully saturated rings. The van der Waals surface area contributed by atoms with Gasteiger partial charge < -0.3 is 4.90 Å². The summed E-state index contributed by atoms with van der Waals surface area (Å²) in [5.74, 6) is -0.812. The minimum absolute atomic E-state index is 0.0115. The maximum atomic E-state index is 12.7. The van der Waals surface area contributed by atoms with Crippen LogP contribution in [0.2, 0.25) is 0 Å². The molecule has 1 aromatic carbocycles. The number of alkyl halides is 3. The molecule has 0 bridgehead atoms. The van der Waals surface area contributed by atoms with Crippen LogP contribution in [0.3, 0.4) is 0 Å². The molecule has 1 atom stereocenters. The summed E-state index contributed by atoms with van der Waals surface area (Å²) in [6.07, 6.45) is -1.93. The summed E-state index contributed by atoms with van der Waals surface area (Å²) in [4.78, 5) is 12.6. The fraction of sp³-hybridized carbons (Fsp3) is 0.562. The van der Waals surface area contributed by atoms with Gasteiger partial charge in [-0.3, -0.25) is 4.79 Å². The lowest BCUT2D eigenvalue weighted by atomic mass is 10.1. The third-order valence-corrected chi connectivity index (χ3v) is 6.24. The van der Waals surface area contributed by atoms with Crippen molar-refractivity contribution in [1.82, 2.24) is 9.21 Å². The molecule has 9 heteroatoms. The zero-order valence-electron chi connectivity index (χ0n) is 14.1. The number of amides is 1. The highest BCUT2D eigenvalue weighted by atomic mass is 32.2. The van der Waals surface area contributed by atoms with Crippen molar-refractivity contribution in [2.24, 2.45) is 0 Å². The second-order valence-electron chi connectivity index (χ2n) is 6.26. The third kappa shape index (κ3) is 4.72. The highest BCUT2D eigenvalue weighted by Gasteiger charge is 2.33. The molecule has 0 aliphatic carbocycles. The van der Waals surface area contributed by atoms with Crippen molar-refractivity contribution in [2.75, 3.05) is 20.1 Å². The highest BCUT2D eigenvalue weighted by Crippen LogP contribution is 2.25. The molecule has 0 aromatic heterocycles. The number of nitrogens with zero attached hydrogens (tertiary/aromatic N) is 2. The predicted octanol–water partition coefficient (Wildman–Crippen LogP) is 2.88. The molecule has 1 unspecified atom stereocenters. The first-order valence-corrected chi connectivity index (χ1v) is 9.40. The van der Waals surface area contributed by atoms with Gasteiger partial charge in [0.1, 0.15) is 6.54 Å². The number of rotatable bonds is 4. The molecule has 2 rings (SSSR count). The monoisotopic (exact) mass is 378 g/mol. The molecule has 1 aliphatic heterocycles. The molecular formula is C16H21F3N2O3S. The van der Waals surface area contributed by atoms with E-state index in [4.69, 9.17) is 0 Å². The van der Waals surface area contributed by atoms with Gasteiger partial charge in [-0.05, 0) is 44.0 Å². The molecule has 140 valence electrons. The van der Waals surface area contributed by atoms with E-state index in [1.807, 2.05) is 6.92 Å². The van der Waals surface area contributed by atoms with Crippen molar-refractivity contribution in [2.45, 2.75) is 43.3 Å². The SMILES string of the molecule is CC1CCCCN1S(=O)(=O)c1ccc(C(=O)N(C)CC(F)(F)F)cc1. The molecule has 5 nitrogen and oxygen atoms in total. The Kier molecular flexibility index (Phi) is 5.78. The van der Waals surface area contributed by atoms with Crippen LogP contribution in [0.25, 0.3) is 0 Å². The minimum atomic E-state index is -4.49. The van der Waals surface area contributed by atoms with Crippen molar-refractivity contribution in [3.05, 3.63) is 29.8 Å². The first-order valence-electron chi connectivity index (χ1n) is 7.96. The van der Waals surface area contributed by atoms with E-state index in [2.05, 4.69) is 0 Å². The zero-order chi connectivity index (χ0) is 18.8. The Balaban J connectivity index is 2.17. The normalized spacial score (nSPS) is 19.6. The number of benzene rings is 1. The topological polar surface area (TPSA) is 57.7 Å². The lowest BCUT2D eigenvalue weighted by molar-refractivity contribution is -0.138. The highest BCUT2D eigenvalue weighted by molar-refractivity contribution is 7.89. The number of halogens is 3. The van der Waals surface area contributed by atoms with Gasteiger partial charge in [0.25, 0.3) is 5.91 Å². The summed E-state index contributed by atoms with van der Waals surface area (Å²) in [6.45, 7) is 0.927. The molecule has 0 radical (unpaired) electrons. The molecule has 1 saturated heterocycles. The Labute approximate surface area is 145 Å². The van der Waals surface area contributed by atoms with E-state index < -0.39 is 28.7 Å². The standard InChI is InChI=1S/C16H21F3N2O3S/c1-12-5-3-4-10-21(12)25(23,24)14-8-6-13(7-9-14)15(22)20(2)11-16(17,18)19/h6-9,12H,3-5,10-11H2,1-2H3. The predicted molar refractivity (Wildman–Crippen MR) is 86.7 cm³/mol. The summed E-state index contributed by atoms with van der Waals surface area (Å²) < 4.78 is 63.9. The summed E-state index contributed by atoms with van der Waals surface area (Å²) in [6, 6.07) is 4.93. The number of hydrogen-bond donors (Lipinski definition) is 0. The Hall–Kier alpha value is -1.61. The van der Waals surface area contributed by atoms with E-state index in [1.165, 1.54) is 28.6 Å². The van der Waals surface area contributed by atoms with Gasteiger partial charge >= 0.3 is 6.18 Å². The fourth-order valence-corrected chi connectivity index (χ4v) is 4.59. The van der Waals surface area contributed by atoms with Gasteiger partial charge in [-0.1, -0.05) is 6.42 Å². The van der Waals surface area contributed by atoms with Gasteiger partial charge in [-0.25, -0.2) is 8.42 Å². The molecule has 1 heterocycles. The number of carbonyl (C=O) groups excluding carboxylic acids is 1. The average molecular weight is 378 g/mol. The van der Waals surface area contributed by atoms with Crippen LogP contribution in [0.15, 0.2) is 29.2 Å².